The first-order chi connectivity index (χ1) is 15.8. The zero-order valence-electron chi connectivity index (χ0n) is 17.2. The van der Waals surface area contributed by atoms with E-state index < -0.39 is 16.8 Å². The highest BCUT2D eigenvalue weighted by Crippen LogP contribution is 2.28. The highest BCUT2D eigenvalue weighted by Gasteiger charge is 2.15. The third-order valence-corrected chi connectivity index (χ3v) is 4.68. The predicted molar refractivity (Wildman–Crippen MR) is 120 cm³/mol. The monoisotopic (exact) mass is 465 g/mol. The Morgan fingerprint density at radius 2 is 1.94 bits per heavy atom. The lowest BCUT2D eigenvalue weighted by molar-refractivity contribution is -0.384. The number of carbonyl (C=O) groups is 2. The summed E-state index contributed by atoms with van der Waals surface area (Å²) in [5, 5.41) is 22.6. The Balaban J connectivity index is 1.76. The number of hydrogen-bond acceptors (Lipinski definition) is 7. The van der Waals surface area contributed by atoms with Gasteiger partial charge in [-0.05, 0) is 37.3 Å². The van der Waals surface area contributed by atoms with E-state index in [1.807, 2.05) is 0 Å². The van der Waals surface area contributed by atoms with Gasteiger partial charge in [0.2, 0.25) is 0 Å². The van der Waals surface area contributed by atoms with Crippen LogP contribution >= 0.6 is 11.6 Å². The van der Waals surface area contributed by atoms with E-state index in [-0.39, 0.29) is 34.3 Å². The number of nitro groups is 1. The molecule has 10 heteroatoms. The van der Waals surface area contributed by atoms with Crippen LogP contribution in [0.4, 0.5) is 11.4 Å². The summed E-state index contributed by atoms with van der Waals surface area (Å²) in [4.78, 5) is 34.4. The van der Waals surface area contributed by atoms with Gasteiger partial charge in [-0.1, -0.05) is 23.7 Å². The molecule has 0 unspecified atom stereocenters. The van der Waals surface area contributed by atoms with Crippen molar-refractivity contribution < 1.29 is 23.7 Å². The molecule has 1 N–H and O–H groups in total. The second kappa shape index (κ2) is 10.3. The van der Waals surface area contributed by atoms with Gasteiger partial charge in [-0.2, -0.15) is 5.26 Å². The molecule has 0 radical (unpaired) electrons. The third kappa shape index (κ3) is 5.64. The lowest BCUT2D eigenvalue weighted by Gasteiger charge is -2.06. The number of hydrogen-bond donors (Lipinski definition) is 1. The maximum Gasteiger partial charge on any atom is 0.338 e. The second-order valence-electron chi connectivity index (χ2n) is 6.55. The van der Waals surface area contributed by atoms with Crippen LogP contribution in [-0.4, -0.2) is 23.4 Å². The molecule has 9 nitrogen and oxygen atoms in total. The molecule has 0 spiro atoms. The number of benzene rings is 2. The minimum atomic E-state index is -0.759. The van der Waals surface area contributed by atoms with Gasteiger partial charge in [0.25, 0.3) is 11.6 Å². The van der Waals surface area contributed by atoms with Crippen LogP contribution < -0.4 is 5.32 Å². The molecule has 0 fully saturated rings. The van der Waals surface area contributed by atoms with Crippen molar-refractivity contribution in [3.05, 3.63) is 86.6 Å². The topological polar surface area (TPSA) is 135 Å². The summed E-state index contributed by atoms with van der Waals surface area (Å²) in [7, 11) is 0. The number of esters is 1. The van der Waals surface area contributed by atoms with E-state index in [2.05, 4.69) is 5.32 Å². The average Bonchev–Trinajstić information content (AvgIpc) is 3.27. The molecule has 166 valence electrons. The Hall–Kier alpha value is -4.42. The number of rotatable bonds is 7. The summed E-state index contributed by atoms with van der Waals surface area (Å²) in [6, 6.07) is 15.2. The largest absolute Gasteiger partial charge is 0.462 e. The molecule has 1 aromatic heterocycles. The SMILES string of the molecule is CCOC(=O)c1ccc(-c2ccc(C=C(C#N)C(=O)Nc3ccc([N+](=O)[O-])cc3Cl)o2)cc1. The van der Waals surface area contributed by atoms with Gasteiger partial charge in [0.1, 0.15) is 23.2 Å². The molecule has 1 amide bonds. The maximum atomic E-state index is 12.5. The lowest BCUT2D eigenvalue weighted by atomic mass is 10.1. The van der Waals surface area contributed by atoms with Crippen molar-refractivity contribution in [2.75, 3.05) is 11.9 Å². The van der Waals surface area contributed by atoms with E-state index in [4.69, 9.17) is 20.8 Å². The van der Waals surface area contributed by atoms with Crippen LogP contribution in [-0.2, 0) is 9.53 Å². The van der Waals surface area contributed by atoms with E-state index in [1.54, 1.807) is 49.4 Å². The molecule has 33 heavy (non-hydrogen) atoms. The lowest BCUT2D eigenvalue weighted by Crippen LogP contribution is -2.13. The standard InChI is InChI=1S/C23H16ClN3O6/c1-2-32-23(29)15-5-3-14(4-6-15)21-10-8-18(33-21)11-16(13-25)22(28)26-20-9-7-17(27(30)31)12-19(20)24/h3-12H,2H2,1H3,(H,26,28). The maximum absolute atomic E-state index is 12.5. The van der Waals surface area contributed by atoms with Gasteiger partial charge in [0.15, 0.2) is 0 Å². The number of ether oxygens (including phenoxy) is 1. The molecule has 0 saturated heterocycles. The Morgan fingerprint density at radius 1 is 1.21 bits per heavy atom. The van der Waals surface area contributed by atoms with Crippen molar-refractivity contribution in [2.45, 2.75) is 6.92 Å². The van der Waals surface area contributed by atoms with Gasteiger partial charge in [-0.25, -0.2) is 4.79 Å². The molecule has 0 atom stereocenters. The van der Waals surface area contributed by atoms with Crippen LogP contribution in [0.25, 0.3) is 17.4 Å². The number of non-ortho nitro benzene ring substituents is 1. The molecule has 0 aliphatic carbocycles. The van der Waals surface area contributed by atoms with E-state index in [0.717, 1.165) is 6.07 Å². The number of anilines is 1. The minimum Gasteiger partial charge on any atom is -0.462 e. The molecule has 0 bridgehead atoms. The predicted octanol–water partition coefficient (Wildman–Crippen LogP) is 5.23. The Kier molecular flexibility index (Phi) is 7.23. The fourth-order valence-electron chi connectivity index (χ4n) is 2.77. The van der Waals surface area contributed by atoms with Gasteiger partial charge < -0.3 is 14.5 Å². The molecule has 0 saturated carbocycles. The summed E-state index contributed by atoms with van der Waals surface area (Å²) in [5.41, 5.74) is 0.717. The van der Waals surface area contributed by atoms with Crippen LogP contribution in [0.1, 0.15) is 23.0 Å². The number of amides is 1. The molecular formula is C23H16ClN3O6. The fourth-order valence-corrected chi connectivity index (χ4v) is 2.99. The van der Waals surface area contributed by atoms with Crippen LogP contribution in [0.3, 0.4) is 0 Å². The molecule has 3 rings (SSSR count). The summed E-state index contributed by atoms with van der Waals surface area (Å²) >= 11 is 5.98. The summed E-state index contributed by atoms with van der Waals surface area (Å²) in [6.45, 7) is 2.00. The number of nitrogens with zero attached hydrogens (tertiary/aromatic N) is 2. The zero-order chi connectivity index (χ0) is 24.0. The highest BCUT2D eigenvalue weighted by atomic mass is 35.5. The third-order valence-electron chi connectivity index (χ3n) is 4.37. The van der Waals surface area contributed by atoms with E-state index in [9.17, 15) is 25.0 Å². The van der Waals surface area contributed by atoms with Crippen LogP contribution in [0.5, 0.6) is 0 Å². The molecule has 0 aliphatic heterocycles. The van der Waals surface area contributed by atoms with Gasteiger partial charge in [0.05, 0.1) is 27.8 Å². The highest BCUT2D eigenvalue weighted by molar-refractivity contribution is 6.34. The normalized spacial score (nSPS) is 10.9. The number of nitro benzene ring substituents is 1. The van der Waals surface area contributed by atoms with Crippen LogP contribution in [0.15, 0.2) is 64.6 Å². The van der Waals surface area contributed by atoms with Crippen LogP contribution in [0, 0.1) is 21.4 Å². The summed E-state index contributed by atoms with van der Waals surface area (Å²) in [6.07, 6.45) is 1.26. The van der Waals surface area contributed by atoms with E-state index >= 15 is 0 Å². The first-order valence-electron chi connectivity index (χ1n) is 9.57. The van der Waals surface area contributed by atoms with Crippen molar-refractivity contribution in [3.63, 3.8) is 0 Å². The van der Waals surface area contributed by atoms with Gasteiger partial charge in [0, 0.05) is 23.8 Å². The summed E-state index contributed by atoms with van der Waals surface area (Å²) < 4.78 is 10.6. The second-order valence-corrected chi connectivity index (χ2v) is 6.95. The first-order valence-corrected chi connectivity index (χ1v) is 9.94. The molecule has 1 heterocycles. The van der Waals surface area contributed by atoms with Crippen LogP contribution in [0.2, 0.25) is 5.02 Å². The van der Waals surface area contributed by atoms with Crippen molar-refractivity contribution >= 4 is 40.9 Å². The number of nitriles is 1. The van der Waals surface area contributed by atoms with Gasteiger partial charge in [-0.15, -0.1) is 0 Å². The molecular weight excluding hydrogens is 450 g/mol. The summed E-state index contributed by atoms with van der Waals surface area (Å²) in [5.74, 6) is -0.469. The van der Waals surface area contributed by atoms with Gasteiger partial charge in [-0.3, -0.25) is 14.9 Å². The Morgan fingerprint density at radius 3 is 2.55 bits per heavy atom. The van der Waals surface area contributed by atoms with Crippen molar-refractivity contribution in [1.82, 2.24) is 0 Å². The number of carbonyl (C=O) groups excluding carboxylic acids is 2. The zero-order valence-corrected chi connectivity index (χ0v) is 18.0. The molecule has 3 aromatic rings. The Bertz CT molecular complexity index is 1290. The minimum absolute atomic E-state index is 0.0404. The van der Waals surface area contributed by atoms with E-state index in [1.165, 1.54) is 18.2 Å². The number of nitrogens with one attached hydrogen (secondary N) is 1. The molecule has 2 aromatic carbocycles. The number of furan rings is 1. The Labute approximate surface area is 193 Å². The van der Waals surface area contributed by atoms with Crippen molar-refractivity contribution in [1.29, 1.82) is 5.26 Å². The van der Waals surface area contributed by atoms with Crippen molar-refractivity contribution in [3.8, 4) is 17.4 Å². The number of halogens is 1. The van der Waals surface area contributed by atoms with E-state index in [0.29, 0.717) is 16.9 Å². The molecule has 0 aliphatic rings. The van der Waals surface area contributed by atoms with Crippen molar-refractivity contribution in [2.24, 2.45) is 0 Å². The fraction of sp³-hybridized carbons (Fsp3) is 0.0870. The smallest absolute Gasteiger partial charge is 0.338 e. The first kappa shape index (κ1) is 23.2. The quantitative estimate of drug-likeness (QED) is 0.166. The van der Waals surface area contributed by atoms with Gasteiger partial charge >= 0.3 is 5.97 Å². The average molecular weight is 466 g/mol.